The van der Waals surface area contributed by atoms with E-state index in [0.717, 1.165) is 11.8 Å². The summed E-state index contributed by atoms with van der Waals surface area (Å²) in [5, 5.41) is 0. The van der Waals surface area contributed by atoms with Gasteiger partial charge in [-0.25, -0.2) is 0 Å². The van der Waals surface area contributed by atoms with Crippen LogP contribution in [0.1, 0.15) is 37.2 Å². The highest BCUT2D eigenvalue weighted by molar-refractivity contribution is 9.10. The maximum atomic E-state index is 3.89. The van der Waals surface area contributed by atoms with Crippen molar-refractivity contribution in [3.63, 3.8) is 0 Å². The Morgan fingerprint density at radius 1 is 1.07 bits per heavy atom. The molecule has 0 nitrogen and oxygen atoms in total. The highest BCUT2D eigenvalue weighted by Gasteiger charge is 2.20. The molecule has 80 valence electrons. The molecule has 0 amide bonds. The smallest absolute Gasteiger partial charge is 0.0175 e. The summed E-state index contributed by atoms with van der Waals surface area (Å²) in [7, 11) is 0. The monoisotopic (exact) mass is 264 g/mol. The molecular weight excluding hydrogens is 248 g/mol. The van der Waals surface area contributed by atoms with Gasteiger partial charge in [0.2, 0.25) is 0 Å². The van der Waals surface area contributed by atoms with Crippen molar-refractivity contribution in [2.24, 2.45) is 5.92 Å². The molecule has 1 aliphatic rings. The molecule has 1 aromatic carbocycles. The number of allylic oxidation sites excluding steroid dienone is 1. The first-order valence-corrected chi connectivity index (χ1v) is 6.47. The predicted octanol–water partition coefficient (Wildman–Crippen LogP) is 4.91. The van der Waals surface area contributed by atoms with Crippen molar-refractivity contribution < 1.29 is 0 Å². The summed E-state index contributed by atoms with van der Waals surface area (Å²) in [5.41, 5.74) is 1.50. The van der Waals surface area contributed by atoms with E-state index in [-0.39, 0.29) is 0 Å². The molecule has 0 N–H and O–H groups in total. The average Bonchev–Trinajstić information content (AvgIpc) is 2.30. The van der Waals surface area contributed by atoms with E-state index in [1.807, 2.05) is 0 Å². The molecule has 0 saturated heterocycles. The van der Waals surface area contributed by atoms with Gasteiger partial charge >= 0.3 is 0 Å². The second-order valence-corrected chi connectivity index (χ2v) is 5.31. The van der Waals surface area contributed by atoms with Crippen molar-refractivity contribution in [3.8, 4) is 0 Å². The Hall–Kier alpha value is -0.560. The fourth-order valence-corrected chi connectivity index (χ4v) is 2.69. The van der Waals surface area contributed by atoms with Crippen LogP contribution < -0.4 is 0 Å². The Labute approximate surface area is 101 Å². The first-order chi connectivity index (χ1) is 7.29. The van der Waals surface area contributed by atoms with Crippen LogP contribution in [0.3, 0.4) is 0 Å². The maximum absolute atomic E-state index is 3.89. The molecule has 15 heavy (non-hydrogen) atoms. The van der Waals surface area contributed by atoms with Crippen LogP contribution in [-0.4, -0.2) is 0 Å². The molecular formula is C14H17Br. The lowest BCUT2D eigenvalue weighted by molar-refractivity contribution is 0.376. The summed E-state index contributed by atoms with van der Waals surface area (Å²) in [5.74, 6) is 1.53. The molecule has 0 aliphatic heterocycles. The molecule has 0 heterocycles. The standard InChI is InChI=1S/C14H17Br/c1-2-11-3-5-12(6-4-11)13-7-9-14(15)10-8-13/h2,7-12H,1,3-6H2/t11-,12-. The van der Waals surface area contributed by atoms with E-state index in [4.69, 9.17) is 0 Å². The Bertz CT molecular complexity index is 318. The van der Waals surface area contributed by atoms with Crippen molar-refractivity contribution in [2.75, 3.05) is 0 Å². The first-order valence-electron chi connectivity index (χ1n) is 5.67. The zero-order valence-corrected chi connectivity index (χ0v) is 10.5. The molecule has 1 aliphatic carbocycles. The molecule has 1 aromatic rings. The predicted molar refractivity (Wildman–Crippen MR) is 69.0 cm³/mol. The number of hydrogen-bond acceptors (Lipinski definition) is 0. The van der Waals surface area contributed by atoms with Crippen molar-refractivity contribution in [2.45, 2.75) is 31.6 Å². The van der Waals surface area contributed by atoms with Gasteiger partial charge in [-0.05, 0) is 55.2 Å². The topological polar surface area (TPSA) is 0 Å². The lowest BCUT2D eigenvalue weighted by atomic mass is 9.79. The number of benzene rings is 1. The summed E-state index contributed by atoms with van der Waals surface area (Å²) in [4.78, 5) is 0. The van der Waals surface area contributed by atoms with Gasteiger partial charge < -0.3 is 0 Å². The summed E-state index contributed by atoms with van der Waals surface area (Å²) >= 11 is 3.48. The molecule has 0 atom stereocenters. The second kappa shape index (κ2) is 4.98. The minimum Gasteiger partial charge on any atom is -0.103 e. The molecule has 0 bridgehead atoms. The van der Waals surface area contributed by atoms with Gasteiger partial charge in [-0.3, -0.25) is 0 Å². The molecule has 0 radical (unpaired) electrons. The van der Waals surface area contributed by atoms with E-state index in [2.05, 4.69) is 52.9 Å². The number of halogens is 1. The molecule has 1 saturated carbocycles. The minimum absolute atomic E-state index is 0.761. The summed E-state index contributed by atoms with van der Waals surface area (Å²) in [6.45, 7) is 3.89. The van der Waals surface area contributed by atoms with E-state index in [1.54, 1.807) is 0 Å². The molecule has 0 unspecified atom stereocenters. The van der Waals surface area contributed by atoms with Crippen LogP contribution >= 0.6 is 15.9 Å². The Kier molecular flexibility index (Phi) is 3.63. The molecule has 2 rings (SSSR count). The molecule has 0 aromatic heterocycles. The van der Waals surface area contributed by atoms with Crippen LogP contribution in [-0.2, 0) is 0 Å². The number of hydrogen-bond donors (Lipinski definition) is 0. The van der Waals surface area contributed by atoms with Crippen LogP contribution in [0.25, 0.3) is 0 Å². The Balaban J connectivity index is 2.01. The Morgan fingerprint density at radius 2 is 1.67 bits per heavy atom. The Morgan fingerprint density at radius 3 is 2.20 bits per heavy atom. The third-order valence-electron chi connectivity index (χ3n) is 3.45. The zero-order chi connectivity index (χ0) is 10.7. The van der Waals surface area contributed by atoms with Crippen LogP contribution in [0, 0.1) is 5.92 Å². The van der Waals surface area contributed by atoms with Crippen molar-refractivity contribution in [1.29, 1.82) is 0 Å². The maximum Gasteiger partial charge on any atom is 0.0175 e. The van der Waals surface area contributed by atoms with Gasteiger partial charge in [0.05, 0.1) is 0 Å². The largest absolute Gasteiger partial charge is 0.103 e. The van der Waals surface area contributed by atoms with Crippen LogP contribution in [0.4, 0.5) is 0 Å². The van der Waals surface area contributed by atoms with Gasteiger partial charge in [0.15, 0.2) is 0 Å². The van der Waals surface area contributed by atoms with Crippen LogP contribution in [0.15, 0.2) is 41.4 Å². The average molecular weight is 265 g/mol. The van der Waals surface area contributed by atoms with Crippen LogP contribution in [0.2, 0.25) is 0 Å². The normalized spacial score (nSPS) is 26.2. The SMILES string of the molecule is C=C[C@H]1CC[C@H](c2ccc(Br)cc2)CC1. The molecule has 0 spiro atoms. The molecule has 1 heteroatoms. The lowest BCUT2D eigenvalue weighted by Gasteiger charge is -2.26. The summed E-state index contributed by atoms with van der Waals surface area (Å²) in [6.07, 6.45) is 7.38. The van der Waals surface area contributed by atoms with E-state index >= 15 is 0 Å². The minimum atomic E-state index is 0.761. The first kappa shape index (κ1) is 10.9. The fraction of sp³-hybridized carbons (Fsp3) is 0.429. The van der Waals surface area contributed by atoms with Crippen molar-refractivity contribution in [1.82, 2.24) is 0 Å². The lowest BCUT2D eigenvalue weighted by Crippen LogP contribution is -2.11. The highest BCUT2D eigenvalue weighted by Crippen LogP contribution is 2.36. The third-order valence-corrected chi connectivity index (χ3v) is 3.98. The van der Waals surface area contributed by atoms with Crippen LogP contribution in [0.5, 0.6) is 0 Å². The van der Waals surface area contributed by atoms with Crippen molar-refractivity contribution in [3.05, 3.63) is 47.0 Å². The van der Waals surface area contributed by atoms with Gasteiger partial charge in [-0.1, -0.05) is 34.1 Å². The van der Waals surface area contributed by atoms with Gasteiger partial charge in [0.1, 0.15) is 0 Å². The van der Waals surface area contributed by atoms with E-state index < -0.39 is 0 Å². The van der Waals surface area contributed by atoms with E-state index in [0.29, 0.717) is 0 Å². The van der Waals surface area contributed by atoms with Gasteiger partial charge in [0, 0.05) is 4.47 Å². The summed E-state index contributed by atoms with van der Waals surface area (Å²) < 4.78 is 1.17. The zero-order valence-electron chi connectivity index (χ0n) is 8.95. The number of rotatable bonds is 2. The van der Waals surface area contributed by atoms with Gasteiger partial charge in [-0.2, -0.15) is 0 Å². The third kappa shape index (κ3) is 2.72. The van der Waals surface area contributed by atoms with E-state index in [9.17, 15) is 0 Å². The summed E-state index contributed by atoms with van der Waals surface area (Å²) in [6, 6.07) is 8.80. The highest BCUT2D eigenvalue weighted by atomic mass is 79.9. The molecule has 1 fully saturated rings. The second-order valence-electron chi connectivity index (χ2n) is 4.40. The quantitative estimate of drug-likeness (QED) is 0.666. The van der Waals surface area contributed by atoms with E-state index in [1.165, 1.54) is 35.7 Å². The van der Waals surface area contributed by atoms with Crippen molar-refractivity contribution >= 4 is 15.9 Å². The van der Waals surface area contributed by atoms with Gasteiger partial charge in [-0.15, -0.1) is 6.58 Å². The van der Waals surface area contributed by atoms with Gasteiger partial charge in [0.25, 0.3) is 0 Å². The fourth-order valence-electron chi connectivity index (χ4n) is 2.42.